The summed E-state index contributed by atoms with van der Waals surface area (Å²) in [5.41, 5.74) is 0.879. The van der Waals surface area contributed by atoms with Crippen molar-refractivity contribution in [3.05, 3.63) is 29.8 Å². The van der Waals surface area contributed by atoms with Gasteiger partial charge in [-0.3, -0.25) is 4.79 Å². The van der Waals surface area contributed by atoms with Gasteiger partial charge >= 0.3 is 6.18 Å². The Bertz CT molecular complexity index is 672. The third kappa shape index (κ3) is 4.23. The monoisotopic (exact) mass is 350 g/mol. The summed E-state index contributed by atoms with van der Waals surface area (Å²) in [5, 5.41) is 1.76. The smallest absolute Gasteiger partial charge is 0.346 e. The molecule has 0 aromatic heterocycles. The lowest BCUT2D eigenvalue weighted by Gasteiger charge is -2.23. The molecule has 1 fully saturated rings. The maximum atomic E-state index is 12.6. The Labute approximate surface area is 132 Å². The summed E-state index contributed by atoms with van der Waals surface area (Å²) >= 11 is 0. The number of sulfonamides is 1. The summed E-state index contributed by atoms with van der Waals surface area (Å²) in [6.07, 6.45) is -3.90. The number of rotatable bonds is 4. The van der Waals surface area contributed by atoms with Gasteiger partial charge in [0.15, 0.2) is 0 Å². The fourth-order valence-corrected chi connectivity index (χ4v) is 4.10. The van der Waals surface area contributed by atoms with Gasteiger partial charge in [-0.2, -0.15) is 17.5 Å². The van der Waals surface area contributed by atoms with Crippen LogP contribution in [0.1, 0.15) is 18.4 Å². The van der Waals surface area contributed by atoms with Crippen LogP contribution in [-0.4, -0.2) is 43.9 Å². The Morgan fingerprint density at radius 1 is 1.30 bits per heavy atom. The van der Waals surface area contributed by atoms with Crippen molar-refractivity contribution >= 4 is 15.9 Å². The van der Waals surface area contributed by atoms with Crippen LogP contribution < -0.4 is 5.32 Å². The van der Waals surface area contributed by atoms with Gasteiger partial charge in [-0.25, -0.2) is 8.42 Å². The highest BCUT2D eigenvalue weighted by molar-refractivity contribution is 7.89. The van der Waals surface area contributed by atoms with Crippen LogP contribution in [0.2, 0.25) is 0 Å². The molecule has 23 heavy (non-hydrogen) atoms. The van der Waals surface area contributed by atoms with E-state index in [9.17, 15) is 26.4 Å². The van der Waals surface area contributed by atoms with E-state index >= 15 is 0 Å². The molecule has 0 saturated carbocycles. The third-order valence-electron chi connectivity index (χ3n) is 3.60. The summed E-state index contributed by atoms with van der Waals surface area (Å²) < 4.78 is 62.7. The molecular weight excluding hydrogens is 333 g/mol. The zero-order valence-corrected chi connectivity index (χ0v) is 13.2. The first-order valence-electron chi connectivity index (χ1n) is 7.04. The Kier molecular flexibility index (Phi) is 5.00. The lowest BCUT2D eigenvalue weighted by Crippen LogP contribution is -2.47. The summed E-state index contributed by atoms with van der Waals surface area (Å²) in [4.78, 5) is 11.9. The largest absolute Gasteiger partial charge is 0.405 e. The molecule has 0 bridgehead atoms. The second-order valence-electron chi connectivity index (χ2n) is 5.42. The van der Waals surface area contributed by atoms with E-state index in [2.05, 4.69) is 0 Å². The maximum absolute atomic E-state index is 12.6. The molecule has 0 aliphatic carbocycles. The van der Waals surface area contributed by atoms with Crippen LogP contribution in [0.3, 0.4) is 0 Å². The number of nitrogens with zero attached hydrogens (tertiary/aromatic N) is 1. The van der Waals surface area contributed by atoms with Crippen molar-refractivity contribution in [2.75, 3.05) is 13.1 Å². The molecule has 1 amide bonds. The van der Waals surface area contributed by atoms with Crippen molar-refractivity contribution in [3.63, 3.8) is 0 Å². The fourth-order valence-electron chi connectivity index (χ4n) is 2.44. The van der Waals surface area contributed by atoms with E-state index in [1.165, 1.54) is 12.1 Å². The van der Waals surface area contributed by atoms with Crippen molar-refractivity contribution in [1.29, 1.82) is 0 Å². The molecule has 1 N–H and O–H groups in total. The van der Waals surface area contributed by atoms with Gasteiger partial charge in [-0.05, 0) is 31.9 Å². The van der Waals surface area contributed by atoms with Gasteiger partial charge in [0.05, 0.1) is 4.90 Å². The SMILES string of the molecule is Cc1ccc(S(=O)(=O)N2CCC[C@H]2C(=O)NCC(F)(F)F)cc1. The first-order chi connectivity index (χ1) is 10.6. The van der Waals surface area contributed by atoms with Crippen LogP contribution >= 0.6 is 0 Å². The average molecular weight is 350 g/mol. The molecule has 0 unspecified atom stereocenters. The molecule has 1 aromatic carbocycles. The topological polar surface area (TPSA) is 66.5 Å². The number of nitrogens with one attached hydrogen (secondary N) is 1. The molecule has 5 nitrogen and oxygen atoms in total. The van der Waals surface area contributed by atoms with Gasteiger partial charge in [-0.15, -0.1) is 0 Å². The van der Waals surface area contributed by atoms with E-state index < -0.39 is 34.7 Å². The van der Waals surface area contributed by atoms with Gasteiger partial charge in [0.25, 0.3) is 0 Å². The Hall–Kier alpha value is -1.61. The van der Waals surface area contributed by atoms with Crippen molar-refractivity contribution in [2.45, 2.75) is 36.9 Å². The summed E-state index contributed by atoms with van der Waals surface area (Å²) in [7, 11) is -3.91. The number of hydrogen-bond acceptors (Lipinski definition) is 3. The van der Waals surface area contributed by atoms with Crippen molar-refractivity contribution in [2.24, 2.45) is 0 Å². The number of alkyl halides is 3. The van der Waals surface area contributed by atoms with Gasteiger partial charge in [0.1, 0.15) is 12.6 Å². The number of carbonyl (C=O) groups is 1. The highest BCUT2D eigenvalue weighted by Crippen LogP contribution is 2.26. The van der Waals surface area contributed by atoms with Crippen LogP contribution in [0.5, 0.6) is 0 Å². The number of aryl methyl sites for hydroxylation is 1. The number of benzene rings is 1. The van der Waals surface area contributed by atoms with E-state index in [1.54, 1.807) is 24.4 Å². The van der Waals surface area contributed by atoms with Crippen LogP contribution in [0.4, 0.5) is 13.2 Å². The molecule has 1 atom stereocenters. The summed E-state index contributed by atoms with van der Waals surface area (Å²) in [6, 6.07) is 4.99. The fraction of sp³-hybridized carbons (Fsp3) is 0.500. The van der Waals surface area contributed by atoms with Gasteiger partial charge < -0.3 is 5.32 Å². The zero-order chi connectivity index (χ0) is 17.3. The van der Waals surface area contributed by atoms with Crippen molar-refractivity contribution in [1.82, 2.24) is 9.62 Å². The van der Waals surface area contributed by atoms with Crippen LogP contribution in [-0.2, 0) is 14.8 Å². The number of amides is 1. The minimum atomic E-state index is -4.53. The Morgan fingerprint density at radius 3 is 2.48 bits per heavy atom. The van der Waals surface area contributed by atoms with Gasteiger partial charge in [0, 0.05) is 6.54 Å². The second kappa shape index (κ2) is 6.48. The molecule has 0 radical (unpaired) electrons. The number of carbonyl (C=O) groups excluding carboxylic acids is 1. The zero-order valence-electron chi connectivity index (χ0n) is 12.4. The Balaban J connectivity index is 2.17. The normalized spacial score (nSPS) is 19.7. The second-order valence-corrected chi connectivity index (χ2v) is 7.31. The van der Waals surface area contributed by atoms with E-state index in [4.69, 9.17) is 0 Å². The highest BCUT2D eigenvalue weighted by Gasteiger charge is 2.40. The van der Waals surface area contributed by atoms with Gasteiger partial charge in [0.2, 0.25) is 15.9 Å². The Morgan fingerprint density at radius 2 is 1.91 bits per heavy atom. The minimum Gasteiger partial charge on any atom is -0.346 e. The van der Waals surface area contributed by atoms with E-state index in [-0.39, 0.29) is 17.9 Å². The first kappa shape index (κ1) is 17.7. The quantitative estimate of drug-likeness (QED) is 0.901. The standard InChI is InChI=1S/C14H17F3N2O3S/c1-10-4-6-11(7-5-10)23(21,22)19-8-2-3-12(19)13(20)18-9-14(15,16)17/h4-7,12H,2-3,8-9H2,1H3,(H,18,20)/t12-/m0/s1. The van der Waals surface area contributed by atoms with Crippen molar-refractivity contribution in [3.8, 4) is 0 Å². The van der Waals surface area contributed by atoms with Crippen LogP contribution in [0.25, 0.3) is 0 Å². The third-order valence-corrected chi connectivity index (χ3v) is 5.52. The van der Waals surface area contributed by atoms with Gasteiger partial charge in [-0.1, -0.05) is 17.7 Å². The minimum absolute atomic E-state index is 0.0265. The predicted octanol–water partition coefficient (Wildman–Crippen LogP) is 1.83. The lowest BCUT2D eigenvalue weighted by molar-refractivity contribution is -0.140. The van der Waals surface area contributed by atoms with Crippen LogP contribution in [0.15, 0.2) is 29.2 Å². The predicted molar refractivity (Wildman–Crippen MR) is 77.2 cm³/mol. The molecule has 1 aliphatic heterocycles. The molecule has 9 heteroatoms. The number of halogens is 3. The van der Waals surface area contributed by atoms with E-state index in [1.807, 2.05) is 0 Å². The van der Waals surface area contributed by atoms with Crippen LogP contribution in [0, 0.1) is 6.92 Å². The molecular formula is C14H17F3N2O3S. The maximum Gasteiger partial charge on any atom is 0.405 e. The molecule has 128 valence electrons. The molecule has 0 spiro atoms. The van der Waals surface area contributed by atoms with E-state index in [0.717, 1.165) is 9.87 Å². The number of hydrogen-bond donors (Lipinski definition) is 1. The molecule has 1 aromatic rings. The highest BCUT2D eigenvalue weighted by atomic mass is 32.2. The first-order valence-corrected chi connectivity index (χ1v) is 8.48. The lowest BCUT2D eigenvalue weighted by atomic mass is 10.2. The molecule has 1 heterocycles. The van der Waals surface area contributed by atoms with Crippen molar-refractivity contribution < 1.29 is 26.4 Å². The molecule has 1 aliphatic rings. The molecule has 1 saturated heterocycles. The summed E-state index contributed by atoms with van der Waals surface area (Å²) in [6.45, 7) is 0.445. The summed E-state index contributed by atoms with van der Waals surface area (Å²) in [5.74, 6) is -0.921. The molecule has 2 rings (SSSR count). The average Bonchev–Trinajstić information content (AvgIpc) is 2.94. The van der Waals surface area contributed by atoms with E-state index in [0.29, 0.717) is 6.42 Å².